The fraction of sp³-hybridized carbons (Fsp3) is 0.529. The minimum Gasteiger partial charge on any atom is -0.488 e. The van der Waals surface area contributed by atoms with Crippen molar-refractivity contribution in [2.24, 2.45) is 0 Å². The number of ether oxygens (including phenoxy) is 2. The summed E-state index contributed by atoms with van der Waals surface area (Å²) in [6, 6.07) is 5.88. The van der Waals surface area contributed by atoms with E-state index in [4.69, 9.17) is 9.47 Å². The third-order valence-corrected chi connectivity index (χ3v) is 4.84. The molecule has 1 aromatic rings. The van der Waals surface area contributed by atoms with Crippen LogP contribution in [0.15, 0.2) is 18.2 Å². The number of nitrogens with zero attached hydrogens (tertiary/aromatic N) is 1. The molecule has 6 nitrogen and oxygen atoms in total. The van der Waals surface area contributed by atoms with Crippen LogP contribution in [0.2, 0.25) is 0 Å². The third-order valence-electron chi connectivity index (χ3n) is 3.90. The van der Waals surface area contributed by atoms with Crippen LogP contribution in [-0.2, 0) is 16.0 Å². The molecule has 7 heteroatoms. The van der Waals surface area contributed by atoms with Crippen LogP contribution in [0.25, 0.3) is 0 Å². The van der Waals surface area contributed by atoms with Crippen LogP contribution >= 0.6 is 11.8 Å². The SMILES string of the molecule is CC1(C)Cc2cccc(OCCNC(=O)CN3CSCC3=O)c2O1. The second-order valence-corrected chi connectivity index (χ2v) is 7.51. The summed E-state index contributed by atoms with van der Waals surface area (Å²) in [6.45, 7) is 4.96. The lowest BCUT2D eigenvalue weighted by molar-refractivity contribution is -0.132. The number of carbonyl (C=O) groups is 2. The highest BCUT2D eigenvalue weighted by Gasteiger charge is 2.32. The van der Waals surface area contributed by atoms with Gasteiger partial charge in [-0.25, -0.2) is 0 Å². The van der Waals surface area contributed by atoms with Crippen LogP contribution in [0.4, 0.5) is 0 Å². The number of nitrogens with one attached hydrogen (secondary N) is 1. The number of thioether (sulfide) groups is 1. The first-order chi connectivity index (χ1) is 11.4. The van der Waals surface area contributed by atoms with E-state index in [0.717, 1.165) is 17.7 Å². The predicted molar refractivity (Wildman–Crippen MR) is 92.4 cm³/mol. The first-order valence-corrected chi connectivity index (χ1v) is 9.16. The molecule has 3 rings (SSSR count). The Hall–Kier alpha value is -1.89. The van der Waals surface area contributed by atoms with Crippen LogP contribution in [0.3, 0.4) is 0 Å². The first-order valence-electron chi connectivity index (χ1n) is 8.00. The van der Waals surface area contributed by atoms with Gasteiger partial charge in [0, 0.05) is 12.0 Å². The molecule has 0 atom stereocenters. The Morgan fingerprint density at radius 3 is 3.04 bits per heavy atom. The van der Waals surface area contributed by atoms with Gasteiger partial charge in [-0.2, -0.15) is 0 Å². The lowest BCUT2D eigenvalue weighted by atomic mass is 10.0. The summed E-state index contributed by atoms with van der Waals surface area (Å²) in [4.78, 5) is 24.9. The van der Waals surface area contributed by atoms with Crippen molar-refractivity contribution in [1.82, 2.24) is 10.2 Å². The topological polar surface area (TPSA) is 67.9 Å². The van der Waals surface area contributed by atoms with E-state index in [1.807, 2.05) is 18.2 Å². The zero-order valence-electron chi connectivity index (χ0n) is 14.0. The molecule has 0 unspecified atom stereocenters. The fourth-order valence-corrected chi connectivity index (χ4v) is 3.73. The minimum absolute atomic E-state index is 0.0195. The normalized spacial score (nSPS) is 18.2. The van der Waals surface area contributed by atoms with Crippen LogP contribution < -0.4 is 14.8 Å². The molecule has 1 aromatic carbocycles. The van der Waals surface area contributed by atoms with Crippen LogP contribution in [0, 0.1) is 0 Å². The summed E-state index contributed by atoms with van der Waals surface area (Å²) in [7, 11) is 0. The number of amides is 2. The fourth-order valence-electron chi connectivity index (χ4n) is 2.82. The molecule has 1 saturated heterocycles. The zero-order valence-corrected chi connectivity index (χ0v) is 14.8. The largest absolute Gasteiger partial charge is 0.488 e. The van der Waals surface area contributed by atoms with Crippen molar-refractivity contribution in [2.45, 2.75) is 25.9 Å². The first kappa shape index (κ1) is 17.0. The van der Waals surface area contributed by atoms with E-state index in [2.05, 4.69) is 19.2 Å². The third kappa shape index (κ3) is 3.95. The molecular formula is C17H22N2O4S. The molecule has 2 aliphatic rings. The van der Waals surface area contributed by atoms with Gasteiger partial charge in [-0.05, 0) is 19.9 Å². The summed E-state index contributed by atoms with van der Waals surface area (Å²) in [5.41, 5.74) is 0.933. The van der Waals surface area contributed by atoms with Gasteiger partial charge in [-0.3, -0.25) is 9.59 Å². The van der Waals surface area contributed by atoms with E-state index in [-0.39, 0.29) is 24.0 Å². The zero-order chi connectivity index (χ0) is 17.2. The van der Waals surface area contributed by atoms with E-state index in [0.29, 0.717) is 30.5 Å². The van der Waals surface area contributed by atoms with Crippen molar-refractivity contribution in [3.05, 3.63) is 23.8 Å². The summed E-state index contributed by atoms with van der Waals surface area (Å²) in [5.74, 6) is 2.42. The second-order valence-electron chi connectivity index (χ2n) is 6.55. The van der Waals surface area contributed by atoms with Crippen molar-refractivity contribution in [3.63, 3.8) is 0 Å². The molecule has 1 N–H and O–H groups in total. The maximum absolute atomic E-state index is 11.8. The highest BCUT2D eigenvalue weighted by molar-refractivity contribution is 8.00. The number of benzene rings is 1. The number of hydrogen-bond acceptors (Lipinski definition) is 5. The molecule has 130 valence electrons. The van der Waals surface area contributed by atoms with Gasteiger partial charge in [0.05, 0.1) is 18.2 Å². The van der Waals surface area contributed by atoms with Crippen molar-refractivity contribution in [2.75, 3.05) is 31.3 Å². The van der Waals surface area contributed by atoms with Crippen molar-refractivity contribution in [1.29, 1.82) is 0 Å². The molecule has 0 aromatic heterocycles. The predicted octanol–water partition coefficient (Wildman–Crippen LogP) is 1.43. The minimum atomic E-state index is -0.212. The molecule has 0 spiro atoms. The average molecular weight is 350 g/mol. The number of carbonyl (C=O) groups excluding carboxylic acids is 2. The van der Waals surface area contributed by atoms with Crippen LogP contribution in [-0.4, -0.2) is 53.6 Å². The van der Waals surface area contributed by atoms with Crippen molar-refractivity contribution in [3.8, 4) is 11.5 Å². The molecule has 1 fully saturated rings. The van der Waals surface area contributed by atoms with Crippen molar-refractivity contribution >= 4 is 23.6 Å². The lowest BCUT2D eigenvalue weighted by Crippen LogP contribution is -2.39. The molecule has 2 amide bonds. The van der Waals surface area contributed by atoms with E-state index in [1.165, 1.54) is 11.8 Å². The molecule has 2 aliphatic heterocycles. The summed E-state index contributed by atoms with van der Waals surface area (Å²) >= 11 is 1.53. The highest BCUT2D eigenvalue weighted by Crippen LogP contribution is 2.41. The highest BCUT2D eigenvalue weighted by atomic mass is 32.2. The Kier molecular flexibility index (Phi) is 4.89. The van der Waals surface area contributed by atoms with Gasteiger partial charge >= 0.3 is 0 Å². The Bertz CT molecular complexity index is 647. The molecule has 0 radical (unpaired) electrons. The van der Waals surface area contributed by atoms with Gasteiger partial charge in [0.2, 0.25) is 11.8 Å². The molecular weight excluding hydrogens is 328 g/mol. The maximum Gasteiger partial charge on any atom is 0.239 e. The van der Waals surface area contributed by atoms with Gasteiger partial charge in [0.25, 0.3) is 0 Å². The van der Waals surface area contributed by atoms with Crippen molar-refractivity contribution < 1.29 is 19.1 Å². The molecule has 2 heterocycles. The standard InChI is InChI=1S/C17H22N2O4S/c1-17(2)8-12-4-3-5-13(16(12)23-17)22-7-6-18-14(20)9-19-11-24-10-15(19)21/h3-5H,6-11H2,1-2H3,(H,18,20). The quantitative estimate of drug-likeness (QED) is 0.786. The lowest BCUT2D eigenvalue weighted by Gasteiger charge is -2.18. The van der Waals surface area contributed by atoms with Gasteiger partial charge < -0.3 is 19.7 Å². The van der Waals surface area contributed by atoms with E-state index >= 15 is 0 Å². The van der Waals surface area contributed by atoms with Crippen LogP contribution in [0.1, 0.15) is 19.4 Å². The summed E-state index contributed by atoms with van der Waals surface area (Å²) in [6.07, 6.45) is 0.859. The Balaban J connectivity index is 1.44. The number of rotatable bonds is 6. The molecule has 0 aliphatic carbocycles. The Labute approximate surface area is 145 Å². The molecule has 0 saturated carbocycles. The van der Waals surface area contributed by atoms with Gasteiger partial charge in [0.15, 0.2) is 11.5 Å². The van der Waals surface area contributed by atoms with Crippen LogP contribution in [0.5, 0.6) is 11.5 Å². The maximum atomic E-state index is 11.8. The van der Waals surface area contributed by atoms with E-state index in [9.17, 15) is 9.59 Å². The molecule has 24 heavy (non-hydrogen) atoms. The smallest absolute Gasteiger partial charge is 0.239 e. The van der Waals surface area contributed by atoms with Gasteiger partial charge in [0.1, 0.15) is 18.8 Å². The van der Waals surface area contributed by atoms with Gasteiger partial charge in [-0.15, -0.1) is 11.8 Å². The van der Waals surface area contributed by atoms with E-state index < -0.39 is 0 Å². The Morgan fingerprint density at radius 2 is 2.29 bits per heavy atom. The number of fused-ring (bicyclic) bond motifs is 1. The average Bonchev–Trinajstić information content (AvgIpc) is 3.05. The monoisotopic (exact) mass is 350 g/mol. The van der Waals surface area contributed by atoms with E-state index in [1.54, 1.807) is 4.90 Å². The number of para-hydroxylation sites is 1. The Morgan fingerprint density at radius 1 is 1.46 bits per heavy atom. The summed E-state index contributed by atoms with van der Waals surface area (Å²) in [5, 5.41) is 2.78. The van der Waals surface area contributed by atoms with Gasteiger partial charge in [-0.1, -0.05) is 12.1 Å². The second kappa shape index (κ2) is 6.93. The summed E-state index contributed by atoms with van der Waals surface area (Å²) < 4.78 is 11.7. The number of hydrogen-bond donors (Lipinski definition) is 1. The molecule has 0 bridgehead atoms.